The molecule has 0 rings (SSSR count). The zero-order chi connectivity index (χ0) is 10.4. The van der Waals surface area contributed by atoms with Crippen LogP contribution in [0.1, 0.15) is 52.4 Å². The van der Waals surface area contributed by atoms with Crippen molar-refractivity contribution < 1.29 is 5.11 Å². The first-order valence-corrected chi connectivity index (χ1v) is 5.58. The summed E-state index contributed by atoms with van der Waals surface area (Å²) in [6, 6.07) is 0. The highest BCUT2D eigenvalue weighted by Crippen LogP contribution is 1.96. The second-order valence-electron chi connectivity index (χ2n) is 3.24. The molecular formula is C11H27NO. The van der Waals surface area contributed by atoms with Crippen LogP contribution in [0, 0.1) is 0 Å². The van der Waals surface area contributed by atoms with E-state index < -0.39 is 0 Å². The van der Waals surface area contributed by atoms with Crippen LogP contribution >= 0.6 is 0 Å². The average Bonchev–Trinajstić information content (AvgIpc) is 2.15. The first-order chi connectivity index (χ1) is 6.33. The van der Waals surface area contributed by atoms with Gasteiger partial charge >= 0.3 is 0 Å². The monoisotopic (exact) mass is 189 g/mol. The van der Waals surface area contributed by atoms with Crippen LogP contribution in [0.2, 0.25) is 0 Å². The maximum absolute atomic E-state index is 8.07. The number of nitrogens with one attached hydrogen (secondary N) is 1. The molecule has 0 spiro atoms. The second-order valence-corrected chi connectivity index (χ2v) is 3.24. The standard InChI is InChI=1S/C7H17N.C4H10O/c1-3-4-5-6-7-8-2;1-2-3-4-5/h8H,3-7H2,1-2H3;5H,2-4H2,1H3. The Hall–Kier alpha value is -0.0800. The van der Waals surface area contributed by atoms with Crippen molar-refractivity contribution in [3.63, 3.8) is 0 Å². The summed E-state index contributed by atoms with van der Waals surface area (Å²) in [5.74, 6) is 0. The predicted molar refractivity (Wildman–Crippen MR) is 60.1 cm³/mol. The molecule has 0 heterocycles. The Morgan fingerprint density at radius 2 is 1.54 bits per heavy atom. The van der Waals surface area contributed by atoms with Crippen LogP contribution in [0.4, 0.5) is 0 Å². The number of aliphatic hydroxyl groups is 1. The third-order valence-electron chi connectivity index (χ3n) is 1.79. The van der Waals surface area contributed by atoms with Crippen LogP contribution in [0.15, 0.2) is 0 Å². The van der Waals surface area contributed by atoms with Crippen LogP contribution in [-0.2, 0) is 0 Å². The lowest BCUT2D eigenvalue weighted by Gasteiger charge is -1.95. The summed E-state index contributed by atoms with van der Waals surface area (Å²) in [6.07, 6.45) is 7.49. The molecule has 0 aliphatic carbocycles. The predicted octanol–water partition coefficient (Wildman–Crippen LogP) is 2.56. The molecule has 0 aromatic carbocycles. The van der Waals surface area contributed by atoms with Gasteiger partial charge in [0.25, 0.3) is 0 Å². The minimum absolute atomic E-state index is 0.344. The Labute approximate surface area is 83.7 Å². The van der Waals surface area contributed by atoms with E-state index in [1.165, 1.54) is 32.2 Å². The lowest BCUT2D eigenvalue weighted by atomic mass is 10.2. The fourth-order valence-electron chi connectivity index (χ4n) is 0.887. The molecule has 0 aromatic rings. The molecule has 0 unspecified atom stereocenters. The molecule has 82 valence electrons. The topological polar surface area (TPSA) is 32.3 Å². The number of hydrogen-bond donors (Lipinski definition) is 2. The van der Waals surface area contributed by atoms with Gasteiger partial charge in [-0.05, 0) is 26.4 Å². The molecule has 2 nitrogen and oxygen atoms in total. The summed E-state index contributed by atoms with van der Waals surface area (Å²) in [5.41, 5.74) is 0. The minimum Gasteiger partial charge on any atom is -0.396 e. The number of hydrogen-bond acceptors (Lipinski definition) is 2. The van der Waals surface area contributed by atoms with Gasteiger partial charge in [0.05, 0.1) is 0 Å². The van der Waals surface area contributed by atoms with Gasteiger partial charge in [-0.1, -0.05) is 39.5 Å². The Balaban J connectivity index is 0. The zero-order valence-electron chi connectivity index (χ0n) is 9.60. The van der Waals surface area contributed by atoms with Crippen molar-refractivity contribution in [2.24, 2.45) is 0 Å². The number of rotatable bonds is 7. The Bertz CT molecular complexity index is 59.1. The fraction of sp³-hybridized carbons (Fsp3) is 1.00. The van der Waals surface area contributed by atoms with E-state index in [1.807, 2.05) is 7.05 Å². The van der Waals surface area contributed by atoms with Gasteiger partial charge in [-0.15, -0.1) is 0 Å². The van der Waals surface area contributed by atoms with Gasteiger partial charge in [0, 0.05) is 6.61 Å². The molecule has 13 heavy (non-hydrogen) atoms. The van der Waals surface area contributed by atoms with Crippen LogP contribution in [0.3, 0.4) is 0 Å². The highest BCUT2D eigenvalue weighted by molar-refractivity contribution is 4.41. The van der Waals surface area contributed by atoms with E-state index >= 15 is 0 Å². The third-order valence-corrected chi connectivity index (χ3v) is 1.79. The van der Waals surface area contributed by atoms with E-state index in [0.717, 1.165) is 12.8 Å². The van der Waals surface area contributed by atoms with Gasteiger partial charge in [-0.3, -0.25) is 0 Å². The molecule has 0 aliphatic heterocycles. The molecule has 0 amide bonds. The van der Waals surface area contributed by atoms with Crippen molar-refractivity contribution in [1.29, 1.82) is 0 Å². The van der Waals surface area contributed by atoms with Crippen molar-refractivity contribution in [2.75, 3.05) is 20.2 Å². The van der Waals surface area contributed by atoms with Crippen LogP contribution in [-0.4, -0.2) is 25.3 Å². The summed E-state index contributed by atoms with van der Waals surface area (Å²) in [5, 5.41) is 11.2. The molecule has 0 saturated carbocycles. The maximum Gasteiger partial charge on any atom is 0.0430 e. The number of unbranched alkanes of at least 4 members (excludes halogenated alkanes) is 4. The molecule has 0 aliphatic rings. The molecule has 0 aromatic heterocycles. The van der Waals surface area contributed by atoms with E-state index in [0.29, 0.717) is 6.61 Å². The molecule has 0 radical (unpaired) electrons. The normalized spacial score (nSPS) is 9.23. The molecule has 2 N–H and O–H groups in total. The highest BCUT2D eigenvalue weighted by Gasteiger charge is 1.82. The summed E-state index contributed by atoms with van der Waals surface area (Å²) < 4.78 is 0. The Morgan fingerprint density at radius 1 is 0.923 bits per heavy atom. The number of aliphatic hydroxyl groups excluding tert-OH is 1. The molecule has 0 fully saturated rings. The van der Waals surface area contributed by atoms with E-state index in [-0.39, 0.29) is 0 Å². The summed E-state index contributed by atoms with van der Waals surface area (Å²) in [6.45, 7) is 5.81. The van der Waals surface area contributed by atoms with Gasteiger partial charge in [-0.25, -0.2) is 0 Å². The molecule has 0 atom stereocenters. The smallest absolute Gasteiger partial charge is 0.0430 e. The van der Waals surface area contributed by atoms with Gasteiger partial charge in [-0.2, -0.15) is 0 Å². The van der Waals surface area contributed by atoms with Crippen LogP contribution < -0.4 is 5.32 Å². The van der Waals surface area contributed by atoms with Gasteiger partial charge in [0.2, 0.25) is 0 Å². The third kappa shape index (κ3) is 24.5. The zero-order valence-corrected chi connectivity index (χ0v) is 9.60. The molecule has 0 saturated heterocycles. The van der Waals surface area contributed by atoms with Gasteiger partial charge < -0.3 is 10.4 Å². The quantitative estimate of drug-likeness (QED) is 0.603. The van der Waals surface area contributed by atoms with Gasteiger partial charge in [0.1, 0.15) is 0 Å². The van der Waals surface area contributed by atoms with E-state index in [9.17, 15) is 0 Å². The molecule has 0 bridgehead atoms. The lowest BCUT2D eigenvalue weighted by Crippen LogP contribution is -2.06. The fourth-order valence-corrected chi connectivity index (χ4v) is 0.887. The first-order valence-electron chi connectivity index (χ1n) is 5.58. The highest BCUT2D eigenvalue weighted by atomic mass is 16.2. The summed E-state index contributed by atoms with van der Waals surface area (Å²) in [7, 11) is 2.01. The van der Waals surface area contributed by atoms with Crippen molar-refractivity contribution in [3.8, 4) is 0 Å². The average molecular weight is 189 g/mol. The summed E-state index contributed by atoms with van der Waals surface area (Å²) >= 11 is 0. The van der Waals surface area contributed by atoms with E-state index in [1.54, 1.807) is 0 Å². The first kappa shape index (κ1) is 15.4. The molecule has 2 heteroatoms. The van der Waals surface area contributed by atoms with Crippen LogP contribution in [0.5, 0.6) is 0 Å². The second kappa shape index (κ2) is 17.9. The Morgan fingerprint density at radius 3 is 1.85 bits per heavy atom. The summed E-state index contributed by atoms with van der Waals surface area (Å²) in [4.78, 5) is 0. The van der Waals surface area contributed by atoms with Crippen molar-refractivity contribution >= 4 is 0 Å². The van der Waals surface area contributed by atoms with E-state index in [4.69, 9.17) is 5.11 Å². The van der Waals surface area contributed by atoms with Crippen molar-refractivity contribution in [2.45, 2.75) is 52.4 Å². The lowest BCUT2D eigenvalue weighted by molar-refractivity contribution is 0.287. The Kier molecular flexibility index (Phi) is 21.2. The van der Waals surface area contributed by atoms with E-state index in [2.05, 4.69) is 19.2 Å². The van der Waals surface area contributed by atoms with Crippen LogP contribution in [0.25, 0.3) is 0 Å². The molecular weight excluding hydrogens is 162 g/mol. The van der Waals surface area contributed by atoms with Crippen molar-refractivity contribution in [1.82, 2.24) is 5.32 Å². The largest absolute Gasteiger partial charge is 0.396 e. The minimum atomic E-state index is 0.344. The van der Waals surface area contributed by atoms with Gasteiger partial charge in [0.15, 0.2) is 0 Å². The maximum atomic E-state index is 8.07. The van der Waals surface area contributed by atoms with Crippen molar-refractivity contribution in [3.05, 3.63) is 0 Å². The SMILES string of the molecule is CCCCCCNC.CCCCO.